The summed E-state index contributed by atoms with van der Waals surface area (Å²) in [6.07, 6.45) is 4.90. The largest absolute Gasteiger partial charge is 0.490 e. The van der Waals surface area contributed by atoms with E-state index in [0.29, 0.717) is 103 Å². The summed E-state index contributed by atoms with van der Waals surface area (Å²) in [5.41, 5.74) is 34.8. The summed E-state index contributed by atoms with van der Waals surface area (Å²) in [7, 11) is 1.76. The smallest absolute Gasteiger partial charge is 0.416 e. The zero-order chi connectivity index (χ0) is 93.4. The van der Waals surface area contributed by atoms with Crippen molar-refractivity contribution in [3.63, 3.8) is 0 Å². The average molecular weight is 1900 g/mol. The number of halogens is 12. The Balaban J connectivity index is 0.000000203. The number of hydrogen-bond acceptors (Lipinski definition) is 12. The molecule has 0 radical (unpaired) electrons. The van der Waals surface area contributed by atoms with Crippen LogP contribution in [0.5, 0.6) is 34.5 Å². The second-order valence-corrected chi connectivity index (χ2v) is 34.9. The summed E-state index contributed by atoms with van der Waals surface area (Å²) in [6.45, 7) is 17.4. The standard InChI is InChI=1S/C36H41Cl2NO3.2C35H37Cl2F3N2O2/c1-24-19-33(37)36(34(38)20-24)42-18-17-41-31-13-10-27(11-14-31)22-30(23-39)32-15-12-29(21-26(32)3)35-25(2)7-5-8-28(35)9-6-16-40-4;2*1-3-4-5-8-25-9-6-7-10-28(25)33-20-30(35(38,39)40)29(22-42-33)26(21-41)19-24-11-13-27(14-12-24)43-15-16-44-34-31(36)17-23(2)18-32(34)37/h5,7-8,10-15,19-21,30H,6,9,16-18,22-23,39H2,1-4H3;2*6-7,9-14,17-18,20,22,26H,3-5,8,15-16,19,21,41H2,1-2H3. The first kappa shape index (κ1) is 103. The number of aromatic nitrogens is 2. The van der Waals surface area contributed by atoms with Crippen LogP contribution in [0.15, 0.2) is 219 Å². The van der Waals surface area contributed by atoms with E-state index in [1.54, 1.807) is 55.6 Å². The van der Waals surface area contributed by atoms with Gasteiger partial charge in [-0.05, 0) is 286 Å². The van der Waals surface area contributed by atoms with Crippen LogP contribution in [0.25, 0.3) is 33.6 Å². The van der Waals surface area contributed by atoms with Gasteiger partial charge in [0.2, 0.25) is 0 Å². The van der Waals surface area contributed by atoms with Crippen molar-refractivity contribution in [1.29, 1.82) is 0 Å². The molecule has 0 amide bonds. The first-order valence-electron chi connectivity index (χ1n) is 44.0. The first-order valence-corrected chi connectivity index (χ1v) is 46.3. The molecule has 12 nitrogen and oxygen atoms in total. The van der Waals surface area contributed by atoms with Crippen LogP contribution in [-0.4, -0.2) is 83.0 Å². The molecule has 0 aliphatic heterocycles. The Labute approximate surface area is 791 Å². The highest BCUT2D eigenvalue weighted by Crippen LogP contribution is 2.44. The molecule has 690 valence electrons. The van der Waals surface area contributed by atoms with Crippen molar-refractivity contribution in [2.75, 3.05) is 73.0 Å². The second kappa shape index (κ2) is 50.9. The lowest BCUT2D eigenvalue weighted by atomic mass is 9.86. The van der Waals surface area contributed by atoms with E-state index >= 15 is 0 Å². The number of rotatable bonds is 42. The summed E-state index contributed by atoms with van der Waals surface area (Å²) < 4.78 is 126. The average Bonchev–Trinajstić information content (AvgIpc) is 0.785. The molecule has 2 heterocycles. The number of methoxy groups -OCH3 is 1. The number of unbranched alkanes of at least 4 members (excludes halogenated alkanes) is 4. The summed E-state index contributed by atoms with van der Waals surface area (Å²) in [6, 6.07) is 64.2. The van der Waals surface area contributed by atoms with E-state index in [-0.39, 0.29) is 56.6 Å². The first-order chi connectivity index (χ1) is 62.5. The number of pyridine rings is 2. The van der Waals surface area contributed by atoms with Crippen LogP contribution in [0.1, 0.15) is 166 Å². The summed E-state index contributed by atoms with van der Waals surface area (Å²) in [5.74, 6) is 2.36. The van der Waals surface area contributed by atoms with Crippen LogP contribution in [-0.2, 0) is 55.6 Å². The molecule has 12 aromatic rings. The molecule has 2 aromatic heterocycles. The molecule has 0 saturated carbocycles. The van der Waals surface area contributed by atoms with E-state index in [9.17, 15) is 26.3 Å². The fourth-order valence-electron chi connectivity index (χ4n) is 15.9. The van der Waals surface area contributed by atoms with Gasteiger partial charge < -0.3 is 50.4 Å². The maximum atomic E-state index is 14.4. The van der Waals surface area contributed by atoms with Gasteiger partial charge in [-0.25, -0.2) is 0 Å². The molecule has 0 saturated heterocycles. The highest BCUT2D eigenvalue weighted by molar-refractivity contribution is 6.38. The van der Waals surface area contributed by atoms with Gasteiger partial charge >= 0.3 is 12.4 Å². The maximum absolute atomic E-state index is 14.4. The number of nitrogens with two attached hydrogens (primary N) is 3. The van der Waals surface area contributed by atoms with Gasteiger partial charge in [0.1, 0.15) is 56.9 Å². The van der Waals surface area contributed by atoms with Crippen LogP contribution in [0.3, 0.4) is 0 Å². The van der Waals surface area contributed by atoms with Gasteiger partial charge in [-0.15, -0.1) is 0 Å². The highest BCUT2D eigenvalue weighted by atomic mass is 35.5. The van der Waals surface area contributed by atoms with Crippen LogP contribution >= 0.6 is 69.6 Å². The van der Waals surface area contributed by atoms with Gasteiger partial charge in [0, 0.05) is 55.0 Å². The Morgan fingerprint density at radius 1 is 0.346 bits per heavy atom. The highest BCUT2D eigenvalue weighted by Gasteiger charge is 2.38. The fourth-order valence-corrected chi connectivity index (χ4v) is 18.0. The zero-order valence-electron chi connectivity index (χ0n) is 74.8. The van der Waals surface area contributed by atoms with Crippen molar-refractivity contribution in [3.05, 3.63) is 338 Å². The molecule has 3 unspecified atom stereocenters. The van der Waals surface area contributed by atoms with Crippen molar-refractivity contribution in [1.82, 2.24) is 9.97 Å². The van der Waals surface area contributed by atoms with Crippen molar-refractivity contribution in [2.45, 2.75) is 162 Å². The maximum Gasteiger partial charge on any atom is 0.416 e. The molecule has 10 aromatic carbocycles. The number of hydrogen-bond donors (Lipinski definition) is 3. The Kier molecular flexibility index (Phi) is 40.2. The molecule has 12 rings (SSSR count). The second-order valence-electron chi connectivity index (χ2n) is 32.4. The quantitative estimate of drug-likeness (QED) is 0.0245. The molecule has 130 heavy (non-hydrogen) atoms. The monoisotopic (exact) mass is 1890 g/mol. The zero-order valence-corrected chi connectivity index (χ0v) is 79.3. The lowest BCUT2D eigenvalue weighted by Crippen LogP contribution is -2.20. The lowest BCUT2D eigenvalue weighted by molar-refractivity contribution is -0.139. The molecule has 0 aliphatic rings. The molecular weight excluding hydrogens is 1780 g/mol. The summed E-state index contributed by atoms with van der Waals surface area (Å²) in [5, 5.41) is 2.72. The van der Waals surface area contributed by atoms with Crippen LogP contribution in [0.2, 0.25) is 30.1 Å². The van der Waals surface area contributed by atoms with Gasteiger partial charge in [0.15, 0.2) is 17.2 Å². The van der Waals surface area contributed by atoms with E-state index < -0.39 is 35.3 Å². The van der Waals surface area contributed by atoms with E-state index in [1.807, 2.05) is 118 Å². The number of nitrogens with zero attached hydrogens (tertiary/aromatic N) is 2. The third kappa shape index (κ3) is 30.0. The summed E-state index contributed by atoms with van der Waals surface area (Å²) >= 11 is 37.4. The van der Waals surface area contributed by atoms with Gasteiger partial charge in [0.25, 0.3) is 0 Å². The molecule has 0 bridgehead atoms. The van der Waals surface area contributed by atoms with Gasteiger partial charge in [0.05, 0.1) is 52.7 Å². The lowest BCUT2D eigenvalue weighted by Gasteiger charge is -2.22. The fraction of sp³-hybridized carbons (Fsp3) is 0.340. The van der Waals surface area contributed by atoms with Crippen LogP contribution in [0.4, 0.5) is 26.3 Å². The predicted octanol–water partition coefficient (Wildman–Crippen LogP) is 28.6. The molecular formula is C106H115Cl6F6N5O7. The van der Waals surface area contributed by atoms with Crippen molar-refractivity contribution < 1.29 is 59.5 Å². The van der Waals surface area contributed by atoms with Crippen molar-refractivity contribution >= 4 is 69.6 Å². The number of aryl methyl sites for hydroxylation is 8. The third-order valence-electron chi connectivity index (χ3n) is 22.5. The van der Waals surface area contributed by atoms with Crippen LogP contribution < -0.4 is 45.6 Å². The Morgan fingerprint density at radius 2 is 0.685 bits per heavy atom. The minimum absolute atomic E-state index is 0.0391. The molecule has 0 fully saturated rings. The third-order valence-corrected chi connectivity index (χ3v) is 24.2. The van der Waals surface area contributed by atoms with E-state index in [2.05, 4.69) is 86.2 Å². The topological polar surface area (TPSA) is 168 Å². The van der Waals surface area contributed by atoms with Crippen molar-refractivity contribution in [3.8, 4) is 68.1 Å². The minimum Gasteiger partial charge on any atom is -0.490 e. The Hall–Kier alpha value is -9.54. The molecule has 0 aliphatic carbocycles. The van der Waals surface area contributed by atoms with Crippen molar-refractivity contribution in [2.24, 2.45) is 17.2 Å². The predicted molar refractivity (Wildman–Crippen MR) is 520 cm³/mol. The Morgan fingerprint density at radius 3 is 1.02 bits per heavy atom. The van der Waals surface area contributed by atoms with E-state index in [0.717, 1.165) is 133 Å². The Bertz CT molecular complexity index is 5310. The SMILES string of the molecule is CCCCCc1ccccc1-c1cc(C(F)(F)F)c(C(CN)Cc2ccc(OCCOc3c(Cl)cc(C)cc3Cl)cc2)cn1.CCCCCc1ccccc1-c1cc(C(F)(F)F)c(C(CN)Cc2ccc(OCCOc3c(Cl)cc(C)cc3Cl)cc2)cn1.COCCCc1cccc(C)c1-c1ccc(C(CN)Cc2ccc(OCCOc3c(Cl)cc(C)cc3Cl)cc2)c(C)c1. The number of benzene rings is 10. The number of alkyl halides is 6. The summed E-state index contributed by atoms with van der Waals surface area (Å²) in [4.78, 5) is 9.02. The number of ether oxygens (including phenoxy) is 7. The molecule has 3 atom stereocenters. The van der Waals surface area contributed by atoms with Gasteiger partial charge in [-0.1, -0.05) is 230 Å². The van der Waals surface area contributed by atoms with Gasteiger partial charge in [-0.2, -0.15) is 26.3 Å². The van der Waals surface area contributed by atoms with E-state index in [1.165, 1.54) is 63.5 Å². The van der Waals surface area contributed by atoms with Gasteiger partial charge in [-0.3, -0.25) is 9.97 Å². The molecule has 24 heteroatoms. The normalized spacial score (nSPS) is 12.1. The molecule has 0 spiro atoms. The van der Waals surface area contributed by atoms with Crippen LogP contribution in [0, 0.1) is 34.6 Å². The molecule has 6 N–H and O–H groups in total. The minimum atomic E-state index is -4.55. The van der Waals surface area contributed by atoms with E-state index in [4.69, 9.17) is 120 Å².